The van der Waals surface area contributed by atoms with Gasteiger partial charge in [-0.1, -0.05) is 25.1 Å². The number of aliphatic carboxylic acids is 1. The fourth-order valence-electron chi connectivity index (χ4n) is 2.98. The molecule has 1 fully saturated rings. The number of carboxylic acid groups (broad SMARTS) is 1. The molecule has 0 aromatic heterocycles. The Labute approximate surface area is 127 Å². The van der Waals surface area contributed by atoms with E-state index in [1.165, 1.54) is 16.7 Å². The molecular formula is C17H26N2O2. The van der Waals surface area contributed by atoms with Crippen molar-refractivity contribution >= 4 is 5.97 Å². The molecule has 2 N–H and O–H groups in total. The fraction of sp³-hybridized carbons (Fsp3) is 0.588. The van der Waals surface area contributed by atoms with Crippen molar-refractivity contribution in [2.45, 2.75) is 52.2 Å². The van der Waals surface area contributed by atoms with Crippen molar-refractivity contribution in [3.8, 4) is 0 Å². The van der Waals surface area contributed by atoms with Gasteiger partial charge in [0, 0.05) is 18.6 Å². The summed E-state index contributed by atoms with van der Waals surface area (Å²) in [5.74, 6) is -0.733. The molecule has 0 bridgehead atoms. The smallest absolute Gasteiger partial charge is 0.317 e. The number of aryl methyl sites for hydroxylation is 1. The predicted molar refractivity (Wildman–Crippen MR) is 84.4 cm³/mol. The minimum Gasteiger partial charge on any atom is -0.480 e. The van der Waals surface area contributed by atoms with Crippen molar-refractivity contribution in [2.75, 3.05) is 13.1 Å². The highest BCUT2D eigenvalue weighted by Gasteiger charge is 2.33. The molecule has 0 atom stereocenters. The number of carboxylic acids is 1. The zero-order chi connectivity index (χ0) is 15.4. The lowest BCUT2D eigenvalue weighted by atomic mass is 9.85. The summed E-state index contributed by atoms with van der Waals surface area (Å²) < 4.78 is 0. The lowest BCUT2D eigenvalue weighted by Crippen LogP contribution is -2.53. The van der Waals surface area contributed by atoms with Crippen LogP contribution >= 0.6 is 0 Å². The number of hydrogen-bond acceptors (Lipinski definition) is 3. The molecule has 1 aromatic rings. The van der Waals surface area contributed by atoms with Gasteiger partial charge in [-0.05, 0) is 49.9 Å². The Morgan fingerprint density at radius 3 is 2.71 bits per heavy atom. The van der Waals surface area contributed by atoms with Crippen molar-refractivity contribution in [2.24, 2.45) is 0 Å². The highest BCUT2D eigenvalue weighted by molar-refractivity contribution is 5.69. The summed E-state index contributed by atoms with van der Waals surface area (Å²) in [6.45, 7) is 8.20. The molecule has 1 aliphatic carbocycles. The summed E-state index contributed by atoms with van der Waals surface area (Å²) in [5, 5.41) is 12.5. The maximum absolute atomic E-state index is 10.8. The van der Waals surface area contributed by atoms with E-state index in [1.807, 2.05) is 6.92 Å². The van der Waals surface area contributed by atoms with Gasteiger partial charge >= 0.3 is 5.97 Å². The molecule has 0 saturated heterocycles. The Kier molecular flexibility index (Phi) is 5.37. The largest absolute Gasteiger partial charge is 0.480 e. The van der Waals surface area contributed by atoms with Gasteiger partial charge in [-0.25, -0.2) is 0 Å². The van der Waals surface area contributed by atoms with Gasteiger partial charge in [0.15, 0.2) is 0 Å². The van der Waals surface area contributed by atoms with Crippen molar-refractivity contribution in [1.82, 2.24) is 10.2 Å². The molecule has 0 heterocycles. The summed E-state index contributed by atoms with van der Waals surface area (Å²) in [6.07, 6.45) is 2.10. The van der Waals surface area contributed by atoms with Crippen molar-refractivity contribution in [1.29, 1.82) is 0 Å². The maximum Gasteiger partial charge on any atom is 0.317 e. The summed E-state index contributed by atoms with van der Waals surface area (Å²) in [5.41, 5.74) is 4.05. The Morgan fingerprint density at radius 1 is 1.38 bits per heavy atom. The van der Waals surface area contributed by atoms with Crippen LogP contribution in [-0.2, 0) is 11.3 Å². The van der Waals surface area contributed by atoms with Crippen LogP contribution in [0.2, 0.25) is 0 Å². The number of benzene rings is 1. The summed E-state index contributed by atoms with van der Waals surface area (Å²) >= 11 is 0. The molecule has 0 aliphatic heterocycles. The van der Waals surface area contributed by atoms with Crippen molar-refractivity contribution < 1.29 is 9.90 Å². The van der Waals surface area contributed by atoms with Crippen LogP contribution in [0, 0.1) is 13.8 Å². The Bertz CT molecular complexity index is 496. The van der Waals surface area contributed by atoms with E-state index in [1.54, 1.807) is 0 Å². The molecular weight excluding hydrogens is 264 g/mol. The van der Waals surface area contributed by atoms with Crippen LogP contribution in [0.3, 0.4) is 0 Å². The van der Waals surface area contributed by atoms with Gasteiger partial charge in [-0.15, -0.1) is 0 Å². The third-order valence-corrected chi connectivity index (χ3v) is 4.67. The first-order valence-corrected chi connectivity index (χ1v) is 7.75. The molecule has 1 saturated carbocycles. The van der Waals surface area contributed by atoms with Crippen molar-refractivity contribution in [3.05, 3.63) is 34.9 Å². The van der Waals surface area contributed by atoms with Crippen LogP contribution in [-0.4, -0.2) is 41.1 Å². The zero-order valence-electron chi connectivity index (χ0n) is 13.2. The van der Waals surface area contributed by atoms with Crippen LogP contribution < -0.4 is 5.32 Å². The maximum atomic E-state index is 10.8. The molecule has 0 radical (unpaired) electrons. The minimum absolute atomic E-state index is 0.158. The average Bonchev–Trinajstić information content (AvgIpc) is 2.39. The molecule has 116 valence electrons. The molecule has 0 unspecified atom stereocenters. The normalized spacial score (nSPS) is 21.3. The monoisotopic (exact) mass is 290 g/mol. The predicted octanol–water partition coefficient (Wildman–Crippen LogP) is 2.33. The fourth-order valence-corrected chi connectivity index (χ4v) is 2.98. The average molecular weight is 290 g/mol. The SMILES string of the molecule is CCN(CC(=O)O)C1CC(NCc2cccc(C)c2C)C1. The third kappa shape index (κ3) is 4.05. The Balaban J connectivity index is 1.78. The third-order valence-electron chi connectivity index (χ3n) is 4.67. The molecule has 0 amide bonds. The highest BCUT2D eigenvalue weighted by atomic mass is 16.4. The van der Waals surface area contributed by atoms with Gasteiger partial charge < -0.3 is 10.4 Å². The minimum atomic E-state index is -0.733. The second-order valence-corrected chi connectivity index (χ2v) is 6.02. The molecule has 0 spiro atoms. The van der Waals surface area contributed by atoms with Crippen LogP contribution in [0.1, 0.15) is 36.5 Å². The second-order valence-electron chi connectivity index (χ2n) is 6.02. The van der Waals surface area contributed by atoms with Gasteiger partial charge in [0.1, 0.15) is 0 Å². The molecule has 4 nitrogen and oxygen atoms in total. The van der Waals surface area contributed by atoms with E-state index in [0.29, 0.717) is 12.1 Å². The molecule has 1 aliphatic rings. The number of nitrogens with one attached hydrogen (secondary N) is 1. The standard InChI is InChI=1S/C17H26N2O2/c1-4-19(11-17(20)21)16-8-15(9-16)18-10-14-7-5-6-12(2)13(14)3/h5-7,15-16,18H,4,8-11H2,1-3H3,(H,20,21). The van der Waals surface area contributed by atoms with E-state index in [-0.39, 0.29) is 6.54 Å². The van der Waals surface area contributed by atoms with E-state index in [2.05, 4.69) is 42.3 Å². The molecule has 1 aromatic carbocycles. The topological polar surface area (TPSA) is 52.6 Å². The summed E-state index contributed by atoms with van der Waals surface area (Å²) in [7, 11) is 0. The zero-order valence-corrected chi connectivity index (χ0v) is 13.2. The first-order valence-electron chi connectivity index (χ1n) is 7.75. The van der Waals surface area contributed by atoms with Gasteiger partial charge in [0.2, 0.25) is 0 Å². The lowest BCUT2D eigenvalue weighted by molar-refractivity contribution is -0.139. The second kappa shape index (κ2) is 7.05. The molecule has 4 heteroatoms. The van der Waals surface area contributed by atoms with Gasteiger partial charge in [0.25, 0.3) is 0 Å². The number of carbonyl (C=O) groups is 1. The number of rotatable bonds is 7. The van der Waals surface area contributed by atoms with E-state index < -0.39 is 5.97 Å². The number of likely N-dealkylation sites (N-methyl/N-ethyl adjacent to an activating group) is 1. The van der Waals surface area contributed by atoms with E-state index >= 15 is 0 Å². The van der Waals surface area contributed by atoms with E-state index in [0.717, 1.165) is 25.9 Å². The van der Waals surface area contributed by atoms with Gasteiger partial charge in [0.05, 0.1) is 6.54 Å². The molecule has 2 rings (SSSR count). The van der Waals surface area contributed by atoms with Crippen LogP contribution in [0.25, 0.3) is 0 Å². The lowest BCUT2D eigenvalue weighted by Gasteiger charge is -2.42. The first-order chi connectivity index (χ1) is 10.0. The van der Waals surface area contributed by atoms with Crippen molar-refractivity contribution in [3.63, 3.8) is 0 Å². The van der Waals surface area contributed by atoms with E-state index in [9.17, 15) is 4.79 Å². The quantitative estimate of drug-likeness (QED) is 0.809. The molecule has 21 heavy (non-hydrogen) atoms. The summed E-state index contributed by atoms with van der Waals surface area (Å²) in [4.78, 5) is 12.9. The number of hydrogen-bond donors (Lipinski definition) is 2. The Morgan fingerprint density at radius 2 is 2.10 bits per heavy atom. The Hall–Kier alpha value is -1.39. The van der Waals surface area contributed by atoms with Gasteiger partial charge in [-0.3, -0.25) is 9.69 Å². The number of nitrogens with zero attached hydrogens (tertiary/aromatic N) is 1. The first kappa shape index (κ1) is 16.0. The summed E-state index contributed by atoms with van der Waals surface area (Å²) in [6, 6.07) is 7.35. The van der Waals surface area contributed by atoms with Crippen LogP contribution in [0.5, 0.6) is 0 Å². The van der Waals surface area contributed by atoms with E-state index in [4.69, 9.17) is 5.11 Å². The van der Waals surface area contributed by atoms with Gasteiger partial charge in [-0.2, -0.15) is 0 Å². The highest BCUT2D eigenvalue weighted by Crippen LogP contribution is 2.26. The van der Waals surface area contributed by atoms with Crippen LogP contribution in [0.4, 0.5) is 0 Å². The van der Waals surface area contributed by atoms with Crippen LogP contribution in [0.15, 0.2) is 18.2 Å².